The molecule has 0 aromatic heterocycles. The first-order chi connectivity index (χ1) is 13.5. The SMILES string of the molecule is COc1ccc2c(c1)OC1(CCN(CC(O)c3ccc(Br)cc3)CC1)CC2O. The second-order valence-corrected chi connectivity index (χ2v) is 8.69. The Hall–Kier alpha value is -1.60. The molecule has 2 aromatic rings. The standard InChI is InChI=1S/C22H26BrNO4/c1-27-17-6-7-18-19(25)13-22(28-21(18)12-17)8-10-24(11-9-22)14-20(26)15-2-4-16(23)5-3-15/h2-7,12,19-20,25-26H,8-11,13-14H2,1H3. The van der Waals surface area contributed by atoms with Crippen LogP contribution in [0.15, 0.2) is 46.9 Å². The highest BCUT2D eigenvalue weighted by Crippen LogP contribution is 2.45. The monoisotopic (exact) mass is 447 g/mol. The smallest absolute Gasteiger partial charge is 0.129 e. The van der Waals surface area contributed by atoms with Gasteiger partial charge in [0.1, 0.15) is 17.1 Å². The first-order valence-electron chi connectivity index (χ1n) is 9.69. The maximum atomic E-state index is 10.6. The number of β-amino-alcohol motifs (C(OH)–C–C–N with tert-alkyl or cyclic N) is 1. The molecular formula is C22H26BrNO4. The minimum absolute atomic E-state index is 0.349. The predicted octanol–water partition coefficient (Wildman–Crippen LogP) is 3.84. The van der Waals surface area contributed by atoms with Crippen molar-refractivity contribution >= 4 is 15.9 Å². The molecule has 4 rings (SSSR count). The molecule has 0 amide bonds. The van der Waals surface area contributed by atoms with Crippen molar-refractivity contribution in [1.82, 2.24) is 4.90 Å². The molecule has 6 heteroatoms. The molecular weight excluding hydrogens is 422 g/mol. The Morgan fingerprint density at radius 2 is 1.93 bits per heavy atom. The normalized spacial score (nSPS) is 22.4. The van der Waals surface area contributed by atoms with Crippen molar-refractivity contribution in [2.24, 2.45) is 0 Å². The summed E-state index contributed by atoms with van der Waals surface area (Å²) in [6.07, 6.45) is 1.23. The van der Waals surface area contributed by atoms with E-state index in [-0.39, 0.29) is 5.60 Å². The Labute approximate surface area is 174 Å². The highest BCUT2D eigenvalue weighted by atomic mass is 79.9. The summed E-state index contributed by atoms with van der Waals surface area (Å²) in [5.41, 5.74) is 1.41. The molecule has 2 N–H and O–H groups in total. The molecule has 2 atom stereocenters. The minimum Gasteiger partial charge on any atom is -0.497 e. The molecule has 150 valence electrons. The molecule has 2 heterocycles. The number of ether oxygens (including phenoxy) is 2. The Morgan fingerprint density at radius 3 is 2.61 bits per heavy atom. The molecule has 2 aliphatic heterocycles. The van der Waals surface area contributed by atoms with E-state index in [0.29, 0.717) is 13.0 Å². The van der Waals surface area contributed by atoms with Crippen LogP contribution in [0.2, 0.25) is 0 Å². The number of nitrogens with zero attached hydrogens (tertiary/aromatic N) is 1. The molecule has 0 radical (unpaired) electrons. The lowest BCUT2D eigenvalue weighted by Gasteiger charge is -2.46. The molecule has 2 aromatic carbocycles. The molecule has 0 saturated carbocycles. The van der Waals surface area contributed by atoms with E-state index >= 15 is 0 Å². The quantitative estimate of drug-likeness (QED) is 0.745. The Balaban J connectivity index is 1.40. The summed E-state index contributed by atoms with van der Waals surface area (Å²) >= 11 is 3.42. The molecule has 1 saturated heterocycles. The fourth-order valence-corrected chi connectivity index (χ4v) is 4.49. The van der Waals surface area contributed by atoms with Crippen LogP contribution in [0.3, 0.4) is 0 Å². The van der Waals surface area contributed by atoms with Crippen molar-refractivity contribution in [2.45, 2.75) is 37.1 Å². The average Bonchev–Trinajstić information content (AvgIpc) is 2.70. The maximum absolute atomic E-state index is 10.6. The van der Waals surface area contributed by atoms with E-state index in [0.717, 1.165) is 53.0 Å². The van der Waals surface area contributed by atoms with Gasteiger partial charge in [0.15, 0.2) is 0 Å². The van der Waals surface area contributed by atoms with E-state index < -0.39 is 12.2 Å². The highest BCUT2D eigenvalue weighted by Gasteiger charge is 2.43. The van der Waals surface area contributed by atoms with Crippen LogP contribution in [0.5, 0.6) is 11.5 Å². The number of halogens is 1. The zero-order chi connectivity index (χ0) is 19.7. The molecule has 0 bridgehead atoms. The van der Waals surface area contributed by atoms with Gasteiger partial charge in [0, 0.05) is 42.2 Å². The van der Waals surface area contributed by atoms with E-state index in [1.165, 1.54) is 0 Å². The number of aliphatic hydroxyl groups excluding tert-OH is 2. The van der Waals surface area contributed by atoms with Gasteiger partial charge in [-0.3, -0.25) is 0 Å². The number of likely N-dealkylation sites (tertiary alicyclic amines) is 1. The highest BCUT2D eigenvalue weighted by molar-refractivity contribution is 9.10. The van der Waals surface area contributed by atoms with Gasteiger partial charge in [-0.15, -0.1) is 0 Å². The van der Waals surface area contributed by atoms with Gasteiger partial charge >= 0.3 is 0 Å². The average molecular weight is 448 g/mol. The van der Waals surface area contributed by atoms with Crippen molar-refractivity contribution in [2.75, 3.05) is 26.7 Å². The summed E-state index contributed by atoms with van der Waals surface area (Å²) < 4.78 is 12.7. The summed E-state index contributed by atoms with van der Waals surface area (Å²) in [6.45, 7) is 2.27. The fourth-order valence-electron chi connectivity index (χ4n) is 4.23. The molecule has 28 heavy (non-hydrogen) atoms. The maximum Gasteiger partial charge on any atom is 0.129 e. The Morgan fingerprint density at radius 1 is 1.21 bits per heavy atom. The van der Waals surface area contributed by atoms with Crippen LogP contribution < -0.4 is 9.47 Å². The Kier molecular flexibility index (Phi) is 5.65. The lowest BCUT2D eigenvalue weighted by Crippen LogP contribution is -2.51. The third-order valence-corrected chi connectivity index (χ3v) is 6.45. The van der Waals surface area contributed by atoms with Crippen LogP contribution in [-0.4, -0.2) is 47.5 Å². The number of piperidine rings is 1. The summed E-state index contributed by atoms with van der Waals surface area (Å²) in [7, 11) is 1.63. The van der Waals surface area contributed by atoms with Crippen LogP contribution in [-0.2, 0) is 0 Å². The largest absolute Gasteiger partial charge is 0.497 e. The lowest BCUT2D eigenvalue weighted by atomic mass is 9.81. The van der Waals surface area contributed by atoms with Crippen molar-refractivity contribution in [1.29, 1.82) is 0 Å². The topological polar surface area (TPSA) is 62.2 Å². The van der Waals surface area contributed by atoms with E-state index in [2.05, 4.69) is 20.8 Å². The van der Waals surface area contributed by atoms with Crippen LogP contribution in [0.4, 0.5) is 0 Å². The van der Waals surface area contributed by atoms with Gasteiger partial charge in [0.05, 0.1) is 19.3 Å². The minimum atomic E-state index is -0.519. The van der Waals surface area contributed by atoms with Crippen LogP contribution >= 0.6 is 15.9 Å². The van der Waals surface area contributed by atoms with Gasteiger partial charge in [-0.05, 0) is 42.7 Å². The number of fused-ring (bicyclic) bond motifs is 1. The molecule has 5 nitrogen and oxygen atoms in total. The van der Waals surface area contributed by atoms with Gasteiger partial charge in [-0.2, -0.15) is 0 Å². The van der Waals surface area contributed by atoms with E-state index in [4.69, 9.17) is 9.47 Å². The van der Waals surface area contributed by atoms with E-state index in [1.54, 1.807) is 7.11 Å². The van der Waals surface area contributed by atoms with Crippen molar-refractivity contribution in [3.05, 3.63) is 58.1 Å². The first kappa shape index (κ1) is 19.7. The molecule has 0 aliphatic carbocycles. The van der Waals surface area contributed by atoms with Gasteiger partial charge in [-0.25, -0.2) is 0 Å². The zero-order valence-electron chi connectivity index (χ0n) is 16.0. The van der Waals surface area contributed by atoms with Gasteiger partial charge in [0.25, 0.3) is 0 Å². The Bertz CT molecular complexity index is 818. The van der Waals surface area contributed by atoms with Crippen LogP contribution in [0.25, 0.3) is 0 Å². The van der Waals surface area contributed by atoms with Crippen molar-refractivity contribution in [3.63, 3.8) is 0 Å². The van der Waals surface area contributed by atoms with Crippen molar-refractivity contribution < 1.29 is 19.7 Å². The van der Waals surface area contributed by atoms with Crippen molar-refractivity contribution in [3.8, 4) is 11.5 Å². The zero-order valence-corrected chi connectivity index (χ0v) is 17.6. The number of methoxy groups -OCH3 is 1. The fraction of sp³-hybridized carbons (Fsp3) is 0.455. The third kappa shape index (κ3) is 4.06. The number of hydrogen-bond acceptors (Lipinski definition) is 5. The molecule has 1 spiro atoms. The second kappa shape index (κ2) is 8.03. The second-order valence-electron chi connectivity index (χ2n) is 7.78. The number of benzene rings is 2. The van der Waals surface area contributed by atoms with Crippen LogP contribution in [0.1, 0.15) is 42.6 Å². The van der Waals surface area contributed by atoms with E-state index in [9.17, 15) is 10.2 Å². The number of rotatable bonds is 4. The predicted molar refractivity (Wildman–Crippen MR) is 111 cm³/mol. The van der Waals surface area contributed by atoms with Gasteiger partial charge in [0.2, 0.25) is 0 Å². The summed E-state index contributed by atoms with van der Waals surface area (Å²) in [4.78, 5) is 2.27. The molecule has 2 aliphatic rings. The number of hydrogen-bond donors (Lipinski definition) is 2. The third-order valence-electron chi connectivity index (χ3n) is 5.92. The van der Waals surface area contributed by atoms with Gasteiger partial charge < -0.3 is 24.6 Å². The molecule has 1 fully saturated rings. The van der Waals surface area contributed by atoms with Gasteiger partial charge in [-0.1, -0.05) is 28.1 Å². The summed E-state index contributed by atoms with van der Waals surface area (Å²) in [5.74, 6) is 1.46. The first-order valence-corrected chi connectivity index (χ1v) is 10.5. The van der Waals surface area contributed by atoms with E-state index in [1.807, 2.05) is 42.5 Å². The number of aliphatic hydroxyl groups is 2. The molecule has 2 unspecified atom stereocenters. The summed E-state index contributed by atoms with van der Waals surface area (Å²) in [5, 5.41) is 21.2. The summed E-state index contributed by atoms with van der Waals surface area (Å²) in [6, 6.07) is 13.4. The van der Waals surface area contributed by atoms with Crippen LogP contribution in [0, 0.1) is 0 Å². The lowest BCUT2D eigenvalue weighted by molar-refractivity contribution is -0.0588.